The number of hydrogen-bond acceptors (Lipinski definition) is 5. The maximum Gasteiger partial charge on any atom is 0.418 e. The van der Waals surface area contributed by atoms with Crippen molar-refractivity contribution in [1.29, 1.82) is 0 Å². The molecule has 164 valence electrons. The van der Waals surface area contributed by atoms with Gasteiger partial charge in [-0.3, -0.25) is 10.2 Å². The molecular formula is C21H28F3N5O. The molecule has 4 N–H and O–H groups in total. The predicted molar refractivity (Wildman–Crippen MR) is 111 cm³/mol. The van der Waals surface area contributed by atoms with E-state index in [4.69, 9.17) is 5.84 Å². The summed E-state index contributed by atoms with van der Waals surface area (Å²) in [5.74, 6) is 5.35. The van der Waals surface area contributed by atoms with Crippen LogP contribution in [0, 0.1) is 0 Å². The number of nitrogens with two attached hydrogens (primary N) is 1. The Morgan fingerprint density at radius 1 is 1.07 bits per heavy atom. The van der Waals surface area contributed by atoms with Crippen LogP contribution in [0.5, 0.6) is 0 Å². The minimum Gasteiger partial charge on any atom is -0.354 e. The Labute approximate surface area is 174 Å². The standard InChI is InChI=1S/C20H24F3N5O.CH4/c21-20(22,23)16-6-8-18(28-11-9-25-10-12-28)26-17(16)7-5-14-1-3-15(4-2-14)13-19(29)27-24;/h1-4,6,8,25H,5,7,9-13,24H2,(H,27,29);1H4. The van der Waals surface area contributed by atoms with E-state index in [0.29, 0.717) is 12.2 Å². The van der Waals surface area contributed by atoms with Crippen LogP contribution in [0.1, 0.15) is 29.8 Å². The first-order valence-electron chi connectivity index (χ1n) is 9.47. The van der Waals surface area contributed by atoms with Crippen molar-refractivity contribution in [1.82, 2.24) is 15.7 Å². The molecule has 1 aromatic heterocycles. The summed E-state index contributed by atoms with van der Waals surface area (Å²) >= 11 is 0. The molecule has 2 aromatic rings. The molecule has 0 radical (unpaired) electrons. The summed E-state index contributed by atoms with van der Waals surface area (Å²) in [6.07, 6.45) is -3.69. The Morgan fingerprint density at radius 2 is 1.70 bits per heavy atom. The van der Waals surface area contributed by atoms with E-state index in [1.54, 1.807) is 12.1 Å². The highest BCUT2D eigenvalue weighted by Gasteiger charge is 2.34. The molecule has 0 atom stereocenters. The van der Waals surface area contributed by atoms with Crippen molar-refractivity contribution in [2.45, 2.75) is 32.9 Å². The Morgan fingerprint density at radius 3 is 2.30 bits per heavy atom. The summed E-state index contributed by atoms with van der Waals surface area (Å²) in [6, 6.07) is 9.77. The van der Waals surface area contributed by atoms with E-state index in [2.05, 4.69) is 15.7 Å². The molecule has 0 aliphatic carbocycles. The number of aromatic nitrogens is 1. The SMILES string of the molecule is C.NNC(=O)Cc1ccc(CCc2nc(N3CCNCC3)ccc2C(F)(F)F)cc1. The van der Waals surface area contributed by atoms with Gasteiger partial charge in [0.05, 0.1) is 17.7 Å². The van der Waals surface area contributed by atoms with Crippen molar-refractivity contribution in [3.8, 4) is 0 Å². The highest BCUT2D eigenvalue weighted by Crippen LogP contribution is 2.33. The second-order valence-electron chi connectivity index (χ2n) is 6.96. The molecule has 9 heteroatoms. The normalized spacial score (nSPS) is 14.2. The van der Waals surface area contributed by atoms with Gasteiger partial charge in [0.1, 0.15) is 5.82 Å². The van der Waals surface area contributed by atoms with Crippen LogP contribution in [0.25, 0.3) is 0 Å². The molecule has 3 rings (SSSR count). The average Bonchev–Trinajstić information content (AvgIpc) is 2.73. The summed E-state index contributed by atoms with van der Waals surface area (Å²) in [5, 5.41) is 3.22. The first kappa shape index (κ1) is 23.6. The number of hydrazine groups is 1. The number of pyridine rings is 1. The van der Waals surface area contributed by atoms with Crippen LogP contribution in [0.4, 0.5) is 19.0 Å². The predicted octanol–water partition coefficient (Wildman–Crippen LogP) is 2.46. The van der Waals surface area contributed by atoms with Gasteiger partial charge in [-0.15, -0.1) is 0 Å². The van der Waals surface area contributed by atoms with E-state index in [0.717, 1.165) is 43.4 Å². The van der Waals surface area contributed by atoms with E-state index in [-0.39, 0.29) is 31.9 Å². The molecule has 1 amide bonds. The zero-order valence-electron chi connectivity index (χ0n) is 15.9. The number of carbonyl (C=O) groups excluding carboxylic acids is 1. The smallest absolute Gasteiger partial charge is 0.354 e. The van der Waals surface area contributed by atoms with Crippen LogP contribution in [-0.4, -0.2) is 37.1 Å². The van der Waals surface area contributed by atoms with Gasteiger partial charge in [0, 0.05) is 26.2 Å². The maximum absolute atomic E-state index is 13.4. The molecular weight excluding hydrogens is 395 g/mol. The van der Waals surface area contributed by atoms with Gasteiger partial charge >= 0.3 is 6.18 Å². The number of benzene rings is 1. The minimum absolute atomic E-state index is 0. The number of aryl methyl sites for hydroxylation is 2. The molecule has 0 spiro atoms. The van der Waals surface area contributed by atoms with E-state index >= 15 is 0 Å². The van der Waals surface area contributed by atoms with Crippen LogP contribution < -0.4 is 21.5 Å². The van der Waals surface area contributed by atoms with Gasteiger partial charge in [-0.2, -0.15) is 13.2 Å². The molecule has 0 unspecified atom stereocenters. The second kappa shape index (κ2) is 10.4. The minimum atomic E-state index is -4.44. The Hall–Kier alpha value is -2.65. The van der Waals surface area contributed by atoms with Gasteiger partial charge < -0.3 is 10.2 Å². The van der Waals surface area contributed by atoms with Crippen molar-refractivity contribution in [2.75, 3.05) is 31.1 Å². The largest absolute Gasteiger partial charge is 0.418 e. The molecule has 2 heterocycles. The fraction of sp³-hybridized carbons (Fsp3) is 0.429. The van der Waals surface area contributed by atoms with E-state index in [1.165, 1.54) is 6.07 Å². The number of rotatable bonds is 6. The second-order valence-corrected chi connectivity index (χ2v) is 6.96. The van der Waals surface area contributed by atoms with Crippen LogP contribution in [-0.2, 0) is 30.2 Å². The number of alkyl halides is 3. The maximum atomic E-state index is 13.4. The topological polar surface area (TPSA) is 83.3 Å². The summed E-state index contributed by atoms with van der Waals surface area (Å²) in [4.78, 5) is 17.7. The summed E-state index contributed by atoms with van der Waals surface area (Å²) in [6.45, 7) is 3.00. The molecule has 1 aromatic carbocycles. The van der Waals surface area contributed by atoms with Crippen molar-refractivity contribution in [3.05, 3.63) is 58.8 Å². The van der Waals surface area contributed by atoms with Gasteiger partial charge in [-0.05, 0) is 36.1 Å². The lowest BCUT2D eigenvalue weighted by molar-refractivity contribution is -0.138. The molecule has 30 heavy (non-hydrogen) atoms. The number of amides is 1. The molecule has 1 aliphatic heterocycles. The summed E-state index contributed by atoms with van der Waals surface area (Å²) in [5.41, 5.74) is 3.10. The monoisotopic (exact) mass is 423 g/mol. The molecule has 1 saturated heterocycles. The zero-order valence-corrected chi connectivity index (χ0v) is 15.9. The van der Waals surface area contributed by atoms with Gasteiger partial charge in [0.15, 0.2) is 0 Å². The fourth-order valence-corrected chi connectivity index (χ4v) is 3.33. The highest BCUT2D eigenvalue weighted by molar-refractivity contribution is 5.77. The van der Waals surface area contributed by atoms with Crippen molar-refractivity contribution < 1.29 is 18.0 Å². The molecule has 6 nitrogen and oxygen atoms in total. The number of anilines is 1. The molecule has 0 bridgehead atoms. The van der Waals surface area contributed by atoms with Gasteiger partial charge in [0.25, 0.3) is 0 Å². The molecule has 0 saturated carbocycles. The Bertz CT molecular complexity index is 834. The number of piperazine rings is 1. The lowest BCUT2D eigenvalue weighted by Crippen LogP contribution is -2.44. The average molecular weight is 423 g/mol. The van der Waals surface area contributed by atoms with Crippen LogP contribution in [0.15, 0.2) is 36.4 Å². The van der Waals surface area contributed by atoms with Gasteiger partial charge in [0.2, 0.25) is 5.91 Å². The number of halogens is 3. The zero-order chi connectivity index (χ0) is 20.9. The van der Waals surface area contributed by atoms with Crippen molar-refractivity contribution in [3.63, 3.8) is 0 Å². The van der Waals surface area contributed by atoms with Crippen LogP contribution >= 0.6 is 0 Å². The number of carbonyl (C=O) groups is 1. The van der Waals surface area contributed by atoms with E-state index < -0.39 is 11.7 Å². The fourth-order valence-electron chi connectivity index (χ4n) is 3.33. The quantitative estimate of drug-likeness (QED) is 0.378. The first-order chi connectivity index (χ1) is 13.9. The van der Waals surface area contributed by atoms with Crippen LogP contribution in [0.3, 0.4) is 0 Å². The Kier molecular flexibility index (Phi) is 8.19. The third kappa shape index (κ3) is 6.17. The first-order valence-corrected chi connectivity index (χ1v) is 9.47. The molecule has 1 aliphatic rings. The van der Waals surface area contributed by atoms with E-state index in [1.807, 2.05) is 17.0 Å². The number of nitrogens with zero attached hydrogens (tertiary/aromatic N) is 2. The molecule has 1 fully saturated rings. The summed E-state index contributed by atoms with van der Waals surface area (Å²) in [7, 11) is 0. The highest BCUT2D eigenvalue weighted by atomic mass is 19.4. The van der Waals surface area contributed by atoms with Crippen molar-refractivity contribution in [2.24, 2.45) is 5.84 Å². The van der Waals surface area contributed by atoms with Crippen molar-refractivity contribution >= 4 is 11.7 Å². The van der Waals surface area contributed by atoms with E-state index in [9.17, 15) is 18.0 Å². The number of hydrogen-bond donors (Lipinski definition) is 3. The third-order valence-corrected chi connectivity index (χ3v) is 4.90. The lowest BCUT2D eigenvalue weighted by Gasteiger charge is -2.29. The van der Waals surface area contributed by atoms with Gasteiger partial charge in [-0.25, -0.2) is 10.8 Å². The Balaban J connectivity index is 0.00000320. The summed E-state index contributed by atoms with van der Waals surface area (Å²) < 4.78 is 40.3. The third-order valence-electron chi connectivity index (χ3n) is 4.90. The number of nitrogens with one attached hydrogen (secondary N) is 2. The lowest BCUT2D eigenvalue weighted by atomic mass is 10.0. The van der Waals surface area contributed by atoms with Crippen LogP contribution in [0.2, 0.25) is 0 Å². The van der Waals surface area contributed by atoms with Gasteiger partial charge in [-0.1, -0.05) is 31.7 Å².